The van der Waals surface area contributed by atoms with E-state index >= 15 is 0 Å². The van der Waals surface area contributed by atoms with Crippen molar-refractivity contribution in [3.05, 3.63) is 73.3 Å². The number of amides is 2. The van der Waals surface area contributed by atoms with E-state index in [9.17, 15) is 19.5 Å². The standard InChI is InChI=1S/C19H17NO4/c1-3-17(21)20(18(22)4-2)16(19(23)24)12-14-10-7-9-13-8-5-6-11-15(13)14/h3-11,16H,1-2,12H2,(H,23,24). The summed E-state index contributed by atoms with van der Waals surface area (Å²) in [6.45, 7) is 6.65. The first kappa shape index (κ1) is 17.1. The third-order valence-corrected chi connectivity index (χ3v) is 3.71. The lowest BCUT2D eigenvalue weighted by molar-refractivity contribution is -0.154. The predicted molar refractivity (Wildman–Crippen MR) is 91.3 cm³/mol. The Balaban J connectivity index is 2.48. The second-order valence-corrected chi connectivity index (χ2v) is 5.15. The molecule has 2 aromatic rings. The largest absolute Gasteiger partial charge is 0.480 e. The van der Waals surface area contributed by atoms with Crippen molar-refractivity contribution in [1.82, 2.24) is 4.90 Å². The van der Waals surface area contributed by atoms with Crippen molar-refractivity contribution in [2.24, 2.45) is 0 Å². The second-order valence-electron chi connectivity index (χ2n) is 5.15. The van der Waals surface area contributed by atoms with Crippen molar-refractivity contribution < 1.29 is 19.5 Å². The number of hydrogen-bond acceptors (Lipinski definition) is 3. The van der Waals surface area contributed by atoms with Gasteiger partial charge in [0.2, 0.25) is 0 Å². The van der Waals surface area contributed by atoms with Gasteiger partial charge in [-0.25, -0.2) is 4.79 Å². The van der Waals surface area contributed by atoms with Gasteiger partial charge in [0, 0.05) is 6.42 Å². The Morgan fingerprint density at radius 1 is 1.00 bits per heavy atom. The minimum Gasteiger partial charge on any atom is -0.480 e. The van der Waals surface area contributed by atoms with Crippen LogP contribution in [0.1, 0.15) is 5.56 Å². The van der Waals surface area contributed by atoms with Gasteiger partial charge in [-0.05, 0) is 28.5 Å². The van der Waals surface area contributed by atoms with E-state index in [-0.39, 0.29) is 6.42 Å². The predicted octanol–water partition coefficient (Wildman–Crippen LogP) is 2.56. The Kier molecular flexibility index (Phi) is 5.27. The molecule has 2 amide bonds. The van der Waals surface area contributed by atoms with E-state index in [0.29, 0.717) is 4.90 Å². The molecular weight excluding hydrogens is 306 g/mol. The zero-order chi connectivity index (χ0) is 17.7. The van der Waals surface area contributed by atoms with Gasteiger partial charge in [-0.1, -0.05) is 55.6 Å². The maximum absolute atomic E-state index is 12.0. The van der Waals surface area contributed by atoms with E-state index < -0.39 is 23.8 Å². The molecule has 0 aromatic heterocycles. The van der Waals surface area contributed by atoms with Gasteiger partial charge in [0.25, 0.3) is 11.8 Å². The number of benzene rings is 2. The summed E-state index contributed by atoms with van der Waals surface area (Å²) in [5, 5.41) is 11.4. The van der Waals surface area contributed by atoms with Crippen molar-refractivity contribution in [3.63, 3.8) is 0 Å². The number of carboxylic acids is 1. The van der Waals surface area contributed by atoms with E-state index in [1.807, 2.05) is 36.4 Å². The van der Waals surface area contributed by atoms with Crippen molar-refractivity contribution in [1.29, 1.82) is 0 Å². The molecule has 0 aliphatic carbocycles. The molecule has 0 saturated carbocycles. The SMILES string of the molecule is C=CC(=O)N(C(=O)C=C)C(Cc1cccc2ccccc12)C(=O)O. The third kappa shape index (κ3) is 3.41. The molecule has 0 heterocycles. The molecule has 2 aromatic carbocycles. The number of carbonyl (C=O) groups excluding carboxylic acids is 2. The van der Waals surface area contributed by atoms with Crippen molar-refractivity contribution in [3.8, 4) is 0 Å². The van der Waals surface area contributed by atoms with Crippen molar-refractivity contribution in [2.45, 2.75) is 12.5 Å². The topological polar surface area (TPSA) is 74.7 Å². The van der Waals surface area contributed by atoms with Crippen LogP contribution >= 0.6 is 0 Å². The van der Waals surface area contributed by atoms with Gasteiger partial charge in [-0.2, -0.15) is 0 Å². The van der Waals surface area contributed by atoms with Crippen LogP contribution in [0.5, 0.6) is 0 Å². The summed E-state index contributed by atoms with van der Waals surface area (Å²) in [6.07, 6.45) is 1.83. The smallest absolute Gasteiger partial charge is 0.327 e. The maximum Gasteiger partial charge on any atom is 0.327 e. The average Bonchev–Trinajstić information content (AvgIpc) is 2.60. The summed E-state index contributed by atoms with van der Waals surface area (Å²) >= 11 is 0. The van der Waals surface area contributed by atoms with Crippen LogP contribution in [0.25, 0.3) is 10.8 Å². The molecule has 0 fully saturated rings. The second kappa shape index (κ2) is 7.37. The molecule has 2 rings (SSSR count). The molecule has 1 N–H and O–H groups in total. The van der Waals surface area contributed by atoms with Crippen LogP contribution in [0.2, 0.25) is 0 Å². The number of rotatable bonds is 6. The Labute approximate surface area is 139 Å². The Morgan fingerprint density at radius 3 is 2.17 bits per heavy atom. The normalized spacial score (nSPS) is 11.5. The lowest BCUT2D eigenvalue weighted by Gasteiger charge is -2.25. The highest BCUT2D eigenvalue weighted by atomic mass is 16.4. The summed E-state index contributed by atoms with van der Waals surface area (Å²) in [5.41, 5.74) is 0.735. The Hall–Kier alpha value is -3.21. The Bertz CT molecular complexity index is 800. The van der Waals surface area contributed by atoms with E-state index in [1.54, 1.807) is 6.07 Å². The third-order valence-electron chi connectivity index (χ3n) is 3.71. The van der Waals surface area contributed by atoms with Gasteiger partial charge in [-0.15, -0.1) is 0 Å². The van der Waals surface area contributed by atoms with Gasteiger partial charge < -0.3 is 5.11 Å². The molecule has 0 aliphatic rings. The van der Waals surface area contributed by atoms with Crippen LogP contribution in [-0.4, -0.2) is 33.8 Å². The molecule has 0 bridgehead atoms. The number of aliphatic carboxylic acids is 1. The monoisotopic (exact) mass is 323 g/mol. The summed E-state index contributed by atoms with van der Waals surface area (Å²) in [5.74, 6) is -2.81. The molecule has 0 aliphatic heterocycles. The summed E-state index contributed by atoms with van der Waals surface area (Å²) in [6, 6.07) is 11.7. The van der Waals surface area contributed by atoms with Gasteiger partial charge in [0.05, 0.1) is 0 Å². The van der Waals surface area contributed by atoms with E-state index in [4.69, 9.17) is 0 Å². The number of carboxylic acid groups (broad SMARTS) is 1. The zero-order valence-electron chi connectivity index (χ0n) is 13.0. The van der Waals surface area contributed by atoms with Crippen LogP contribution in [0.4, 0.5) is 0 Å². The highest BCUT2D eigenvalue weighted by Crippen LogP contribution is 2.21. The van der Waals surface area contributed by atoms with Crippen molar-refractivity contribution in [2.75, 3.05) is 0 Å². The summed E-state index contributed by atoms with van der Waals surface area (Å²) in [4.78, 5) is 36.4. The number of imide groups is 1. The minimum atomic E-state index is -1.34. The van der Waals surface area contributed by atoms with E-state index in [2.05, 4.69) is 13.2 Å². The van der Waals surface area contributed by atoms with Crippen LogP contribution in [0.3, 0.4) is 0 Å². The molecule has 0 radical (unpaired) electrons. The van der Waals surface area contributed by atoms with Crippen LogP contribution in [0, 0.1) is 0 Å². The zero-order valence-corrected chi connectivity index (χ0v) is 13.0. The minimum absolute atomic E-state index is 0.00412. The fourth-order valence-corrected chi connectivity index (χ4v) is 2.58. The molecule has 5 nitrogen and oxygen atoms in total. The van der Waals surface area contributed by atoms with Crippen LogP contribution in [0.15, 0.2) is 67.8 Å². The molecule has 0 saturated heterocycles. The van der Waals surface area contributed by atoms with Crippen molar-refractivity contribution >= 4 is 28.6 Å². The first-order valence-electron chi connectivity index (χ1n) is 7.31. The first-order valence-corrected chi connectivity index (χ1v) is 7.31. The molecule has 1 atom stereocenters. The lowest BCUT2D eigenvalue weighted by atomic mass is 9.98. The lowest BCUT2D eigenvalue weighted by Crippen LogP contribution is -2.48. The quantitative estimate of drug-likeness (QED) is 0.829. The van der Waals surface area contributed by atoms with Gasteiger partial charge in [0.15, 0.2) is 0 Å². The fourth-order valence-electron chi connectivity index (χ4n) is 2.58. The van der Waals surface area contributed by atoms with E-state index in [1.165, 1.54) is 0 Å². The molecule has 24 heavy (non-hydrogen) atoms. The number of hydrogen-bond donors (Lipinski definition) is 1. The van der Waals surface area contributed by atoms with Crippen LogP contribution < -0.4 is 0 Å². The maximum atomic E-state index is 12.0. The van der Waals surface area contributed by atoms with Gasteiger partial charge in [-0.3, -0.25) is 14.5 Å². The highest BCUT2D eigenvalue weighted by Gasteiger charge is 2.32. The molecule has 5 heteroatoms. The number of fused-ring (bicyclic) bond motifs is 1. The molecule has 1 unspecified atom stereocenters. The molecular formula is C19H17NO4. The summed E-state index contributed by atoms with van der Waals surface area (Å²) in [7, 11) is 0. The van der Waals surface area contributed by atoms with Gasteiger partial charge in [0.1, 0.15) is 6.04 Å². The molecule has 122 valence electrons. The summed E-state index contributed by atoms with van der Waals surface area (Å²) < 4.78 is 0. The Morgan fingerprint density at radius 2 is 1.58 bits per heavy atom. The van der Waals surface area contributed by atoms with E-state index in [0.717, 1.165) is 28.5 Å². The van der Waals surface area contributed by atoms with Crippen LogP contribution in [-0.2, 0) is 20.8 Å². The average molecular weight is 323 g/mol. The first-order chi connectivity index (χ1) is 11.5. The van der Waals surface area contributed by atoms with Gasteiger partial charge >= 0.3 is 5.97 Å². The highest BCUT2D eigenvalue weighted by molar-refractivity contribution is 6.07. The number of nitrogens with zero attached hydrogens (tertiary/aromatic N) is 1. The number of carbonyl (C=O) groups is 3. The molecule has 0 spiro atoms. The fraction of sp³-hybridized carbons (Fsp3) is 0.105.